The highest BCUT2D eigenvalue weighted by Gasteiger charge is 2.07. The Hall–Kier alpha value is -1.70. The lowest BCUT2D eigenvalue weighted by atomic mass is 10.1. The average Bonchev–Trinajstić information content (AvgIpc) is 2.83. The van der Waals surface area contributed by atoms with E-state index in [1.54, 1.807) is 11.3 Å². The monoisotopic (exact) mass is 257 g/mol. The van der Waals surface area contributed by atoms with Crippen LogP contribution in [-0.2, 0) is 6.54 Å². The van der Waals surface area contributed by atoms with Crippen molar-refractivity contribution in [3.8, 4) is 6.07 Å². The summed E-state index contributed by atoms with van der Waals surface area (Å²) < 4.78 is 0. The predicted octanol–water partition coefficient (Wildman–Crippen LogP) is 3.17. The Morgan fingerprint density at radius 2 is 2.11 bits per heavy atom. The molecule has 18 heavy (non-hydrogen) atoms. The molecule has 0 spiro atoms. The normalized spacial score (nSPS) is 12.1. The van der Waals surface area contributed by atoms with Crippen molar-refractivity contribution in [2.24, 2.45) is 0 Å². The molecule has 1 atom stereocenters. The molecule has 1 aromatic heterocycles. The summed E-state index contributed by atoms with van der Waals surface area (Å²) in [6, 6.07) is 10.00. The maximum absolute atomic E-state index is 8.72. The zero-order chi connectivity index (χ0) is 13.0. The van der Waals surface area contributed by atoms with Crippen LogP contribution in [-0.4, -0.2) is 4.98 Å². The van der Waals surface area contributed by atoms with Gasteiger partial charge in [-0.05, 0) is 31.5 Å². The first-order chi connectivity index (χ1) is 8.69. The SMILES string of the molecule is Cc1nc(C(C)NCc2ccc(C#N)cc2)cs1. The van der Waals surface area contributed by atoms with Crippen LogP contribution >= 0.6 is 11.3 Å². The number of nitrogens with one attached hydrogen (secondary N) is 1. The van der Waals surface area contributed by atoms with Crippen LogP contribution in [0.1, 0.15) is 34.8 Å². The zero-order valence-corrected chi connectivity index (χ0v) is 11.3. The largest absolute Gasteiger partial charge is 0.305 e. The van der Waals surface area contributed by atoms with Gasteiger partial charge in [0.2, 0.25) is 0 Å². The minimum absolute atomic E-state index is 0.241. The molecule has 4 heteroatoms. The van der Waals surface area contributed by atoms with Crippen LogP contribution in [0, 0.1) is 18.3 Å². The molecule has 1 heterocycles. The number of hydrogen-bond acceptors (Lipinski definition) is 4. The molecule has 0 amide bonds. The molecule has 0 aliphatic rings. The fraction of sp³-hybridized carbons (Fsp3) is 0.286. The van der Waals surface area contributed by atoms with Gasteiger partial charge in [0.15, 0.2) is 0 Å². The van der Waals surface area contributed by atoms with Crippen LogP contribution in [0.3, 0.4) is 0 Å². The Morgan fingerprint density at radius 3 is 2.67 bits per heavy atom. The Morgan fingerprint density at radius 1 is 1.39 bits per heavy atom. The van der Waals surface area contributed by atoms with Gasteiger partial charge < -0.3 is 5.32 Å². The third kappa shape index (κ3) is 3.16. The van der Waals surface area contributed by atoms with Crippen molar-refractivity contribution in [2.75, 3.05) is 0 Å². The Bertz CT molecular complexity index is 551. The van der Waals surface area contributed by atoms with Crippen LogP contribution in [0.15, 0.2) is 29.6 Å². The maximum atomic E-state index is 8.72. The number of aryl methyl sites for hydroxylation is 1. The highest BCUT2D eigenvalue weighted by molar-refractivity contribution is 7.09. The number of rotatable bonds is 4. The molecule has 0 aliphatic heterocycles. The lowest BCUT2D eigenvalue weighted by Gasteiger charge is -2.11. The summed E-state index contributed by atoms with van der Waals surface area (Å²) >= 11 is 1.67. The van der Waals surface area contributed by atoms with Crippen molar-refractivity contribution in [1.29, 1.82) is 5.26 Å². The van der Waals surface area contributed by atoms with Gasteiger partial charge in [0.05, 0.1) is 22.3 Å². The number of hydrogen-bond donors (Lipinski definition) is 1. The van der Waals surface area contributed by atoms with E-state index in [2.05, 4.69) is 28.7 Å². The fourth-order valence-electron chi connectivity index (χ4n) is 1.65. The molecule has 0 aliphatic carbocycles. The highest BCUT2D eigenvalue weighted by Crippen LogP contribution is 2.16. The third-order valence-electron chi connectivity index (χ3n) is 2.78. The quantitative estimate of drug-likeness (QED) is 0.915. The summed E-state index contributed by atoms with van der Waals surface area (Å²) in [6.07, 6.45) is 0. The topological polar surface area (TPSA) is 48.7 Å². The maximum Gasteiger partial charge on any atom is 0.0991 e. The van der Waals surface area contributed by atoms with Gasteiger partial charge in [0, 0.05) is 18.0 Å². The van der Waals surface area contributed by atoms with E-state index in [1.165, 1.54) is 5.56 Å². The van der Waals surface area contributed by atoms with E-state index in [-0.39, 0.29) is 6.04 Å². The first kappa shape index (κ1) is 12.7. The van der Waals surface area contributed by atoms with E-state index in [0.717, 1.165) is 17.2 Å². The fourth-order valence-corrected chi connectivity index (χ4v) is 2.36. The summed E-state index contributed by atoms with van der Waals surface area (Å²) in [5, 5.41) is 15.3. The van der Waals surface area contributed by atoms with Crippen LogP contribution in [0.5, 0.6) is 0 Å². The molecule has 92 valence electrons. The van der Waals surface area contributed by atoms with Gasteiger partial charge in [0.25, 0.3) is 0 Å². The standard InChI is InChI=1S/C14H15N3S/c1-10(14-9-18-11(2)17-14)16-8-13-5-3-12(7-15)4-6-13/h3-6,9-10,16H,8H2,1-2H3. The molecule has 1 unspecified atom stereocenters. The highest BCUT2D eigenvalue weighted by atomic mass is 32.1. The van der Waals surface area contributed by atoms with Crippen molar-refractivity contribution in [2.45, 2.75) is 26.4 Å². The van der Waals surface area contributed by atoms with Crippen LogP contribution < -0.4 is 5.32 Å². The first-order valence-electron chi connectivity index (χ1n) is 5.83. The molecular weight excluding hydrogens is 242 g/mol. The zero-order valence-electron chi connectivity index (χ0n) is 10.5. The third-order valence-corrected chi connectivity index (χ3v) is 3.57. The van der Waals surface area contributed by atoms with Gasteiger partial charge in [-0.2, -0.15) is 5.26 Å². The number of thiazole rings is 1. The molecule has 0 bridgehead atoms. The minimum Gasteiger partial charge on any atom is -0.305 e. The van der Waals surface area contributed by atoms with Crippen LogP contribution in [0.2, 0.25) is 0 Å². The van der Waals surface area contributed by atoms with Gasteiger partial charge >= 0.3 is 0 Å². The van der Waals surface area contributed by atoms with Gasteiger partial charge in [-0.3, -0.25) is 0 Å². The van der Waals surface area contributed by atoms with Crippen LogP contribution in [0.4, 0.5) is 0 Å². The lowest BCUT2D eigenvalue weighted by Crippen LogP contribution is -2.18. The summed E-state index contributed by atoms with van der Waals surface area (Å²) in [5.41, 5.74) is 2.96. The summed E-state index contributed by atoms with van der Waals surface area (Å²) in [4.78, 5) is 4.46. The molecule has 0 saturated carbocycles. The predicted molar refractivity (Wildman–Crippen MR) is 73.3 cm³/mol. The van der Waals surface area contributed by atoms with Gasteiger partial charge in [-0.25, -0.2) is 4.98 Å². The van der Waals surface area contributed by atoms with E-state index in [1.807, 2.05) is 31.2 Å². The molecule has 1 aromatic carbocycles. The lowest BCUT2D eigenvalue weighted by molar-refractivity contribution is 0.563. The second kappa shape index (κ2) is 5.76. The van der Waals surface area contributed by atoms with E-state index in [9.17, 15) is 0 Å². The van der Waals surface area contributed by atoms with Crippen molar-refractivity contribution in [3.63, 3.8) is 0 Å². The number of nitrogens with zero attached hydrogens (tertiary/aromatic N) is 2. The molecule has 0 fully saturated rings. The van der Waals surface area contributed by atoms with E-state index >= 15 is 0 Å². The molecule has 1 N–H and O–H groups in total. The van der Waals surface area contributed by atoms with E-state index in [0.29, 0.717) is 5.56 Å². The van der Waals surface area contributed by atoms with Crippen molar-refractivity contribution >= 4 is 11.3 Å². The smallest absolute Gasteiger partial charge is 0.0991 e. The van der Waals surface area contributed by atoms with E-state index < -0.39 is 0 Å². The minimum atomic E-state index is 0.241. The Kier molecular flexibility index (Phi) is 4.08. The van der Waals surface area contributed by atoms with Gasteiger partial charge in [-0.1, -0.05) is 12.1 Å². The average molecular weight is 257 g/mol. The van der Waals surface area contributed by atoms with Crippen molar-refractivity contribution in [3.05, 3.63) is 51.5 Å². The molecule has 3 nitrogen and oxygen atoms in total. The number of aromatic nitrogens is 1. The molecule has 2 rings (SSSR count). The summed E-state index contributed by atoms with van der Waals surface area (Å²) in [5.74, 6) is 0. The first-order valence-corrected chi connectivity index (χ1v) is 6.71. The van der Waals surface area contributed by atoms with Crippen molar-refractivity contribution in [1.82, 2.24) is 10.3 Å². The van der Waals surface area contributed by atoms with Crippen LogP contribution in [0.25, 0.3) is 0 Å². The second-order valence-electron chi connectivity index (χ2n) is 4.20. The second-order valence-corrected chi connectivity index (χ2v) is 5.26. The van der Waals surface area contributed by atoms with Gasteiger partial charge in [0.1, 0.15) is 0 Å². The Balaban J connectivity index is 1.93. The molecule has 0 saturated heterocycles. The number of benzene rings is 1. The molecule has 2 aromatic rings. The summed E-state index contributed by atoms with van der Waals surface area (Å²) in [6.45, 7) is 4.91. The molecular formula is C14H15N3S. The number of nitriles is 1. The van der Waals surface area contributed by atoms with Crippen molar-refractivity contribution < 1.29 is 0 Å². The van der Waals surface area contributed by atoms with Gasteiger partial charge in [-0.15, -0.1) is 11.3 Å². The molecule has 0 radical (unpaired) electrons. The Labute approximate surface area is 111 Å². The summed E-state index contributed by atoms with van der Waals surface area (Å²) in [7, 11) is 0. The van der Waals surface area contributed by atoms with E-state index in [4.69, 9.17) is 5.26 Å².